The van der Waals surface area contributed by atoms with Crippen molar-refractivity contribution in [3.63, 3.8) is 0 Å². The molecule has 3 heteroatoms. The zero-order chi connectivity index (χ0) is 8.39. The van der Waals surface area contributed by atoms with E-state index < -0.39 is 0 Å². The summed E-state index contributed by atoms with van der Waals surface area (Å²) in [6, 6.07) is 0. The summed E-state index contributed by atoms with van der Waals surface area (Å²) in [5, 5.41) is 0. The van der Waals surface area contributed by atoms with Crippen LogP contribution < -0.4 is 34.0 Å². The molecule has 0 bridgehead atoms. The van der Waals surface area contributed by atoms with Gasteiger partial charge in [0.1, 0.15) is 0 Å². The van der Waals surface area contributed by atoms with Gasteiger partial charge in [0.15, 0.2) is 0 Å². The second kappa shape index (κ2) is 7.43. The van der Waals surface area contributed by atoms with Gasteiger partial charge in [-0.3, -0.25) is 0 Å². The van der Waals surface area contributed by atoms with Crippen LogP contribution in [0.5, 0.6) is 0 Å². The van der Waals surface area contributed by atoms with E-state index in [-0.39, 0.29) is 34.0 Å². The van der Waals surface area contributed by atoms with Gasteiger partial charge in [0.25, 0.3) is 0 Å². The minimum atomic E-state index is 0. The molecule has 0 aromatic carbocycles. The van der Waals surface area contributed by atoms with Crippen molar-refractivity contribution in [2.75, 3.05) is 0 Å². The van der Waals surface area contributed by atoms with Crippen molar-refractivity contribution < 1.29 is 54.4 Å². The summed E-state index contributed by atoms with van der Waals surface area (Å²) in [7, 11) is 0. The van der Waals surface area contributed by atoms with Crippen LogP contribution in [0.1, 0.15) is 38.5 Å². The van der Waals surface area contributed by atoms with E-state index in [1.54, 1.807) is 9.45 Å². The third-order valence-corrected chi connectivity index (χ3v) is 3.78. The Bertz CT molecular complexity index is 227. The monoisotopic (exact) mass is 353 g/mol. The molecular formula is C11H15Br2Ti. The van der Waals surface area contributed by atoms with Crippen molar-refractivity contribution in [3.8, 4) is 0 Å². The molecule has 0 aromatic heterocycles. The first-order valence-electron chi connectivity index (χ1n) is 4.99. The van der Waals surface area contributed by atoms with Crippen molar-refractivity contribution >= 4 is 0 Å². The first-order chi connectivity index (χ1) is 5.88. The fourth-order valence-corrected chi connectivity index (χ4v) is 2.95. The molecular weight excluding hydrogens is 340 g/mol. The molecule has 0 spiro atoms. The SMILES string of the molecule is [Br-].[Br-].[Ti+2][C]1=C(C2CCCCC2)C=CC1. The number of hydrogen-bond donors (Lipinski definition) is 0. The van der Waals surface area contributed by atoms with E-state index in [1.807, 2.05) is 0 Å². The second-order valence-corrected chi connectivity index (χ2v) is 4.82. The van der Waals surface area contributed by atoms with Crippen molar-refractivity contribution in [1.82, 2.24) is 0 Å². The van der Waals surface area contributed by atoms with Crippen molar-refractivity contribution in [1.29, 1.82) is 0 Å². The normalized spacial score (nSPS) is 21.9. The van der Waals surface area contributed by atoms with E-state index in [1.165, 1.54) is 38.5 Å². The third kappa shape index (κ3) is 3.62. The quantitative estimate of drug-likeness (QED) is 0.451. The van der Waals surface area contributed by atoms with E-state index in [2.05, 4.69) is 32.6 Å². The Morgan fingerprint density at radius 3 is 2.21 bits per heavy atom. The van der Waals surface area contributed by atoms with E-state index in [9.17, 15) is 0 Å². The van der Waals surface area contributed by atoms with Crippen LogP contribution in [-0.2, 0) is 20.4 Å². The number of hydrogen-bond acceptors (Lipinski definition) is 0. The van der Waals surface area contributed by atoms with E-state index in [0.29, 0.717) is 0 Å². The van der Waals surface area contributed by atoms with Gasteiger partial charge >= 0.3 is 86.5 Å². The van der Waals surface area contributed by atoms with Crippen LogP contribution >= 0.6 is 0 Å². The topological polar surface area (TPSA) is 0 Å². The van der Waals surface area contributed by atoms with Gasteiger partial charge in [-0.05, 0) is 0 Å². The van der Waals surface area contributed by atoms with Crippen LogP contribution in [0.2, 0.25) is 0 Å². The molecule has 2 aliphatic rings. The average Bonchev–Trinajstić information content (AvgIpc) is 2.53. The average molecular weight is 355 g/mol. The maximum atomic E-state index is 2.37. The maximum absolute atomic E-state index is 2.37. The summed E-state index contributed by atoms with van der Waals surface area (Å²) in [5.74, 6) is 0.914. The summed E-state index contributed by atoms with van der Waals surface area (Å²) >= 11 is 2.30. The Hall–Kier alpha value is 1.15. The molecule has 0 atom stereocenters. The van der Waals surface area contributed by atoms with Gasteiger partial charge in [-0.1, -0.05) is 0 Å². The molecule has 1 saturated carbocycles. The van der Waals surface area contributed by atoms with Gasteiger partial charge in [0.2, 0.25) is 0 Å². The number of rotatable bonds is 1. The first kappa shape index (κ1) is 15.2. The zero-order valence-corrected chi connectivity index (χ0v) is 13.0. The van der Waals surface area contributed by atoms with Gasteiger partial charge in [-0.2, -0.15) is 0 Å². The summed E-state index contributed by atoms with van der Waals surface area (Å²) < 4.78 is 1.63. The zero-order valence-electron chi connectivity index (χ0n) is 8.23. The van der Waals surface area contributed by atoms with Gasteiger partial charge in [0, 0.05) is 0 Å². The number of halogens is 2. The fourth-order valence-electron chi connectivity index (χ4n) is 2.32. The van der Waals surface area contributed by atoms with Crippen molar-refractivity contribution in [2.45, 2.75) is 38.5 Å². The Morgan fingerprint density at radius 1 is 1.07 bits per heavy atom. The van der Waals surface area contributed by atoms with Crippen LogP contribution in [0.15, 0.2) is 21.6 Å². The summed E-state index contributed by atoms with van der Waals surface area (Å²) in [5.41, 5.74) is 1.68. The van der Waals surface area contributed by atoms with Crippen LogP contribution in [0.25, 0.3) is 0 Å². The van der Waals surface area contributed by atoms with E-state index in [0.717, 1.165) is 5.92 Å². The second-order valence-electron chi connectivity index (χ2n) is 3.88. The molecule has 0 saturated heterocycles. The Kier molecular flexibility index (Phi) is 8.04. The standard InChI is InChI=1S/C11H15.2BrH.Ti/c1-2-6-10(7-3-1)11-8-4-5-9-11;;;/h4,8,10H,1-3,5-7H2;2*1H;/q;;;+2/p-2. The van der Waals surface area contributed by atoms with Gasteiger partial charge in [-0.15, -0.1) is 0 Å². The predicted molar refractivity (Wildman–Crippen MR) is 47.4 cm³/mol. The Labute approximate surface area is 120 Å². The molecule has 0 aromatic rings. The van der Waals surface area contributed by atoms with E-state index in [4.69, 9.17) is 0 Å². The molecule has 2 aliphatic carbocycles. The number of allylic oxidation sites excluding steroid dienone is 4. The molecule has 0 radical (unpaired) electrons. The molecule has 0 heterocycles. The van der Waals surface area contributed by atoms with Crippen molar-refractivity contribution in [2.24, 2.45) is 5.92 Å². The van der Waals surface area contributed by atoms with Crippen LogP contribution in [-0.4, -0.2) is 0 Å². The molecule has 77 valence electrons. The van der Waals surface area contributed by atoms with Crippen LogP contribution in [0.4, 0.5) is 0 Å². The summed E-state index contributed by atoms with van der Waals surface area (Å²) in [4.78, 5) is 0. The van der Waals surface area contributed by atoms with Gasteiger partial charge < -0.3 is 34.0 Å². The van der Waals surface area contributed by atoms with Crippen molar-refractivity contribution in [3.05, 3.63) is 21.6 Å². The molecule has 0 amide bonds. The Balaban J connectivity index is 0.000000845. The Morgan fingerprint density at radius 2 is 1.71 bits per heavy atom. The molecule has 2 rings (SSSR count). The van der Waals surface area contributed by atoms with Crippen LogP contribution in [0, 0.1) is 5.92 Å². The molecule has 0 aliphatic heterocycles. The molecule has 0 nitrogen and oxygen atoms in total. The summed E-state index contributed by atoms with van der Waals surface area (Å²) in [6.07, 6.45) is 13.2. The predicted octanol–water partition coefficient (Wildman–Crippen LogP) is -2.66. The van der Waals surface area contributed by atoms with Gasteiger partial charge in [-0.25, -0.2) is 0 Å². The third-order valence-electron chi connectivity index (χ3n) is 3.01. The first-order valence-corrected chi connectivity index (χ1v) is 5.77. The van der Waals surface area contributed by atoms with Gasteiger partial charge in [0.05, 0.1) is 0 Å². The minimum absolute atomic E-state index is 0. The molecule has 1 fully saturated rings. The molecule has 0 N–H and O–H groups in total. The molecule has 14 heavy (non-hydrogen) atoms. The fraction of sp³-hybridized carbons (Fsp3) is 0.636. The molecule has 0 unspecified atom stereocenters. The van der Waals surface area contributed by atoms with E-state index >= 15 is 0 Å². The van der Waals surface area contributed by atoms with Crippen LogP contribution in [0.3, 0.4) is 0 Å². The summed E-state index contributed by atoms with van der Waals surface area (Å²) in [6.45, 7) is 0.